The van der Waals surface area contributed by atoms with E-state index in [1.54, 1.807) is 5.57 Å². The molecule has 1 heteroatoms. The van der Waals surface area contributed by atoms with Crippen LogP contribution < -0.4 is 0 Å². The van der Waals surface area contributed by atoms with Gasteiger partial charge in [0.1, 0.15) is 5.82 Å². The molecule has 1 saturated carbocycles. The Kier molecular flexibility index (Phi) is 9.47. The fraction of sp³-hybridized carbons (Fsp3) is 0.724. The van der Waals surface area contributed by atoms with Gasteiger partial charge in [-0.1, -0.05) is 76.2 Å². The topological polar surface area (TPSA) is 0 Å². The number of hydrogen-bond acceptors (Lipinski definition) is 0. The minimum atomic E-state index is 0.0235. The maximum Gasteiger partial charge on any atom is 0.126 e. The van der Waals surface area contributed by atoms with Gasteiger partial charge in [-0.3, -0.25) is 0 Å². The second-order valence-corrected chi connectivity index (χ2v) is 10.3. The van der Waals surface area contributed by atoms with Gasteiger partial charge < -0.3 is 0 Å². The van der Waals surface area contributed by atoms with E-state index in [1.165, 1.54) is 95.5 Å². The highest BCUT2D eigenvalue weighted by molar-refractivity contribution is 5.28. The molecular formula is C29H45F. The first-order chi connectivity index (χ1) is 14.7. The van der Waals surface area contributed by atoms with E-state index >= 15 is 0 Å². The zero-order chi connectivity index (χ0) is 21.2. The predicted molar refractivity (Wildman–Crippen MR) is 129 cm³/mol. The van der Waals surface area contributed by atoms with Crippen LogP contribution in [0.5, 0.6) is 0 Å². The van der Waals surface area contributed by atoms with Crippen LogP contribution in [-0.4, -0.2) is 0 Å². The minimum absolute atomic E-state index is 0.0235. The van der Waals surface area contributed by atoms with Crippen LogP contribution in [-0.2, 0) is 6.42 Å². The highest BCUT2D eigenvalue weighted by Gasteiger charge is 2.32. The van der Waals surface area contributed by atoms with Crippen LogP contribution in [0.1, 0.15) is 134 Å². The van der Waals surface area contributed by atoms with E-state index in [0.29, 0.717) is 11.3 Å². The molecule has 2 aliphatic rings. The number of halogens is 1. The van der Waals surface area contributed by atoms with Gasteiger partial charge >= 0.3 is 0 Å². The molecule has 0 nitrogen and oxygen atoms in total. The Bertz CT molecular complexity index is 665. The Labute approximate surface area is 185 Å². The Balaban J connectivity index is 1.76. The first-order valence-electron chi connectivity index (χ1n) is 13.1. The Morgan fingerprint density at radius 2 is 1.80 bits per heavy atom. The van der Waals surface area contributed by atoms with E-state index in [-0.39, 0.29) is 5.82 Å². The second-order valence-electron chi connectivity index (χ2n) is 10.3. The molecule has 2 aliphatic carbocycles. The monoisotopic (exact) mass is 412 g/mol. The van der Waals surface area contributed by atoms with E-state index in [2.05, 4.69) is 32.1 Å². The minimum Gasteiger partial charge on any atom is -0.207 e. The third-order valence-corrected chi connectivity index (χ3v) is 7.96. The summed E-state index contributed by atoms with van der Waals surface area (Å²) in [4.78, 5) is 0. The van der Waals surface area contributed by atoms with Crippen molar-refractivity contribution in [2.24, 2.45) is 5.41 Å². The summed E-state index contributed by atoms with van der Waals surface area (Å²) in [7, 11) is 0. The molecule has 0 N–H and O–H groups in total. The normalized spacial score (nSPS) is 20.0. The third kappa shape index (κ3) is 6.69. The van der Waals surface area contributed by atoms with E-state index in [4.69, 9.17) is 0 Å². The van der Waals surface area contributed by atoms with Gasteiger partial charge in [0, 0.05) is 0 Å². The standard InChI is InChI=1S/C29H45F/c1-3-5-18-29(19-10-7-11-20-29)21-17-27(22-24-13-8-6-9-14-24)26-16-15-25(12-4-2)28(30)23-26/h13,15-16,23,27H,3-12,14,17-22H2,1-2H3. The highest BCUT2D eigenvalue weighted by Crippen LogP contribution is 2.46. The third-order valence-electron chi connectivity index (χ3n) is 7.96. The molecule has 0 bridgehead atoms. The van der Waals surface area contributed by atoms with Crippen molar-refractivity contribution in [2.45, 2.75) is 129 Å². The molecule has 0 spiro atoms. The number of rotatable bonds is 11. The van der Waals surface area contributed by atoms with E-state index in [1.807, 2.05) is 6.07 Å². The van der Waals surface area contributed by atoms with Crippen molar-refractivity contribution in [3.8, 4) is 0 Å². The number of hydrogen-bond donors (Lipinski definition) is 0. The summed E-state index contributed by atoms with van der Waals surface area (Å²) in [6.45, 7) is 4.46. The molecule has 0 radical (unpaired) electrons. The summed E-state index contributed by atoms with van der Waals surface area (Å²) < 4.78 is 14.8. The van der Waals surface area contributed by atoms with Gasteiger partial charge in [-0.05, 0) is 99.2 Å². The Morgan fingerprint density at radius 1 is 0.967 bits per heavy atom. The lowest BCUT2D eigenvalue weighted by Crippen LogP contribution is -2.25. The summed E-state index contributed by atoms with van der Waals surface area (Å²) in [6.07, 6.45) is 24.4. The van der Waals surface area contributed by atoms with Crippen LogP contribution in [0.15, 0.2) is 29.8 Å². The number of aryl methyl sites for hydroxylation is 1. The van der Waals surface area contributed by atoms with Gasteiger partial charge in [-0.2, -0.15) is 0 Å². The van der Waals surface area contributed by atoms with Crippen molar-refractivity contribution in [1.82, 2.24) is 0 Å². The SMILES string of the molecule is CCCCC1(CCC(CC2=CCCCC2)c2ccc(CCC)c(F)c2)CCCCC1. The molecule has 1 unspecified atom stereocenters. The lowest BCUT2D eigenvalue weighted by Gasteiger charge is -2.39. The molecular weight excluding hydrogens is 367 g/mol. The van der Waals surface area contributed by atoms with Gasteiger partial charge in [0.25, 0.3) is 0 Å². The quantitative estimate of drug-likeness (QED) is 0.317. The average molecular weight is 413 g/mol. The largest absolute Gasteiger partial charge is 0.207 e. The zero-order valence-electron chi connectivity index (χ0n) is 19.8. The molecule has 30 heavy (non-hydrogen) atoms. The molecule has 0 saturated heterocycles. The molecule has 0 aromatic heterocycles. The molecule has 1 aromatic carbocycles. The molecule has 1 atom stereocenters. The van der Waals surface area contributed by atoms with Gasteiger partial charge in [-0.25, -0.2) is 4.39 Å². The average Bonchev–Trinajstić information content (AvgIpc) is 2.78. The van der Waals surface area contributed by atoms with Crippen molar-refractivity contribution < 1.29 is 4.39 Å². The first kappa shape index (κ1) is 23.6. The van der Waals surface area contributed by atoms with Crippen molar-refractivity contribution >= 4 is 0 Å². The van der Waals surface area contributed by atoms with Gasteiger partial charge in [0.05, 0.1) is 0 Å². The Morgan fingerprint density at radius 3 is 2.47 bits per heavy atom. The van der Waals surface area contributed by atoms with Crippen LogP contribution in [0.2, 0.25) is 0 Å². The summed E-state index contributed by atoms with van der Waals surface area (Å²) in [5.41, 5.74) is 4.34. The van der Waals surface area contributed by atoms with E-state index in [0.717, 1.165) is 24.8 Å². The second kappa shape index (κ2) is 12.1. The van der Waals surface area contributed by atoms with E-state index < -0.39 is 0 Å². The van der Waals surface area contributed by atoms with E-state index in [9.17, 15) is 4.39 Å². The predicted octanol–water partition coefficient (Wildman–Crippen LogP) is 9.67. The summed E-state index contributed by atoms with van der Waals surface area (Å²) in [5, 5.41) is 0. The summed E-state index contributed by atoms with van der Waals surface area (Å²) >= 11 is 0. The zero-order valence-corrected chi connectivity index (χ0v) is 19.8. The fourth-order valence-electron chi connectivity index (χ4n) is 6.04. The maximum atomic E-state index is 14.8. The van der Waals surface area contributed by atoms with Crippen LogP contribution in [0, 0.1) is 11.2 Å². The van der Waals surface area contributed by atoms with Crippen molar-refractivity contribution in [2.75, 3.05) is 0 Å². The molecule has 0 amide bonds. The fourth-order valence-corrected chi connectivity index (χ4v) is 6.04. The highest BCUT2D eigenvalue weighted by atomic mass is 19.1. The van der Waals surface area contributed by atoms with Gasteiger partial charge in [-0.15, -0.1) is 0 Å². The van der Waals surface area contributed by atoms with Crippen molar-refractivity contribution in [1.29, 1.82) is 0 Å². The first-order valence-corrected chi connectivity index (χ1v) is 13.1. The number of benzene rings is 1. The summed E-state index contributed by atoms with van der Waals surface area (Å²) in [5.74, 6) is 0.510. The lowest BCUT2D eigenvalue weighted by molar-refractivity contribution is 0.145. The molecule has 0 aliphatic heterocycles. The molecule has 0 heterocycles. The lowest BCUT2D eigenvalue weighted by atomic mass is 9.67. The van der Waals surface area contributed by atoms with Gasteiger partial charge in [0.2, 0.25) is 0 Å². The van der Waals surface area contributed by atoms with Crippen LogP contribution in [0.3, 0.4) is 0 Å². The smallest absolute Gasteiger partial charge is 0.126 e. The van der Waals surface area contributed by atoms with Crippen LogP contribution in [0.25, 0.3) is 0 Å². The van der Waals surface area contributed by atoms with Crippen molar-refractivity contribution in [3.63, 3.8) is 0 Å². The van der Waals surface area contributed by atoms with Crippen LogP contribution >= 0.6 is 0 Å². The number of unbranched alkanes of at least 4 members (excludes halogenated alkanes) is 1. The molecule has 168 valence electrons. The molecule has 3 rings (SSSR count). The van der Waals surface area contributed by atoms with Crippen molar-refractivity contribution in [3.05, 3.63) is 46.8 Å². The van der Waals surface area contributed by atoms with Crippen LogP contribution in [0.4, 0.5) is 4.39 Å². The van der Waals surface area contributed by atoms with Gasteiger partial charge in [0.15, 0.2) is 0 Å². The number of allylic oxidation sites excluding steroid dienone is 2. The Hall–Kier alpha value is -1.11. The molecule has 1 fully saturated rings. The maximum absolute atomic E-state index is 14.8. The molecule has 1 aromatic rings. The summed E-state index contributed by atoms with van der Waals surface area (Å²) in [6, 6.07) is 6.21.